The Morgan fingerprint density at radius 1 is 1.15 bits per heavy atom. The molecule has 0 aliphatic heterocycles. The standard InChI is InChI=1S/C16H16FN3/c1-11-2-7-14-15(10-11)20(16(18)19-14)9-8-12-3-5-13(17)6-4-12/h2-7,10H,8-9H2,1H3,(H2,18,19). The van der Waals surface area contributed by atoms with Crippen molar-refractivity contribution in [3.63, 3.8) is 0 Å². The van der Waals surface area contributed by atoms with E-state index in [0.717, 1.165) is 29.6 Å². The van der Waals surface area contributed by atoms with Crippen LogP contribution in [0.4, 0.5) is 10.3 Å². The Hall–Kier alpha value is -2.36. The van der Waals surface area contributed by atoms with Crippen LogP contribution in [0.1, 0.15) is 11.1 Å². The van der Waals surface area contributed by atoms with Crippen LogP contribution in [0.25, 0.3) is 11.0 Å². The van der Waals surface area contributed by atoms with E-state index in [2.05, 4.69) is 11.1 Å². The first-order chi connectivity index (χ1) is 9.63. The molecule has 4 heteroatoms. The van der Waals surface area contributed by atoms with Gasteiger partial charge in [0.2, 0.25) is 5.95 Å². The van der Waals surface area contributed by atoms with Crippen LogP contribution in [0.15, 0.2) is 42.5 Å². The summed E-state index contributed by atoms with van der Waals surface area (Å²) in [5.74, 6) is 0.310. The zero-order chi connectivity index (χ0) is 14.1. The van der Waals surface area contributed by atoms with Crippen molar-refractivity contribution in [2.24, 2.45) is 0 Å². The van der Waals surface area contributed by atoms with Crippen molar-refractivity contribution in [1.29, 1.82) is 0 Å². The molecule has 0 radical (unpaired) electrons. The van der Waals surface area contributed by atoms with Crippen LogP contribution in [-0.2, 0) is 13.0 Å². The second kappa shape index (κ2) is 4.96. The number of halogens is 1. The van der Waals surface area contributed by atoms with Crippen LogP contribution in [0, 0.1) is 12.7 Å². The molecule has 0 spiro atoms. The van der Waals surface area contributed by atoms with E-state index in [-0.39, 0.29) is 5.82 Å². The minimum absolute atomic E-state index is 0.211. The van der Waals surface area contributed by atoms with Gasteiger partial charge in [-0.05, 0) is 48.7 Å². The average Bonchev–Trinajstić information content (AvgIpc) is 2.73. The minimum atomic E-state index is -0.211. The molecule has 0 saturated carbocycles. The van der Waals surface area contributed by atoms with Gasteiger partial charge in [0.15, 0.2) is 0 Å². The summed E-state index contributed by atoms with van der Waals surface area (Å²) < 4.78 is 14.9. The van der Waals surface area contributed by atoms with Gasteiger partial charge in [0.25, 0.3) is 0 Å². The van der Waals surface area contributed by atoms with Gasteiger partial charge >= 0.3 is 0 Å². The van der Waals surface area contributed by atoms with Crippen molar-refractivity contribution in [1.82, 2.24) is 9.55 Å². The number of aryl methyl sites for hydroxylation is 3. The largest absolute Gasteiger partial charge is 0.369 e. The zero-order valence-corrected chi connectivity index (χ0v) is 11.3. The van der Waals surface area contributed by atoms with Crippen LogP contribution < -0.4 is 5.73 Å². The third-order valence-corrected chi connectivity index (χ3v) is 3.47. The van der Waals surface area contributed by atoms with E-state index < -0.39 is 0 Å². The third kappa shape index (κ3) is 2.37. The SMILES string of the molecule is Cc1ccc2nc(N)n(CCc3ccc(F)cc3)c2c1. The number of imidazole rings is 1. The summed E-state index contributed by atoms with van der Waals surface area (Å²) in [5, 5.41) is 0. The summed E-state index contributed by atoms with van der Waals surface area (Å²) in [6, 6.07) is 12.7. The van der Waals surface area contributed by atoms with Crippen LogP contribution >= 0.6 is 0 Å². The van der Waals surface area contributed by atoms with Gasteiger partial charge in [-0.2, -0.15) is 0 Å². The monoisotopic (exact) mass is 269 g/mol. The highest BCUT2D eigenvalue weighted by Gasteiger charge is 2.08. The molecule has 2 N–H and O–H groups in total. The maximum atomic E-state index is 12.9. The number of nitrogens with zero attached hydrogens (tertiary/aromatic N) is 2. The smallest absolute Gasteiger partial charge is 0.201 e. The van der Waals surface area contributed by atoms with Crippen LogP contribution in [-0.4, -0.2) is 9.55 Å². The molecule has 0 aliphatic rings. The Kier molecular flexibility index (Phi) is 3.14. The number of hydrogen-bond acceptors (Lipinski definition) is 2. The molecule has 20 heavy (non-hydrogen) atoms. The van der Waals surface area contributed by atoms with Crippen molar-refractivity contribution < 1.29 is 4.39 Å². The van der Waals surface area contributed by atoms with Crippen LogP contribution in [0.2, 0.25) is 0 Å². The van der Waals surface area contributed by atoms with Gasteiger partial charge in [0, 0.05) is 6.54 Å². The Morgan fingerprint density at radius 2 is 1.90 bits per heavy atom. The predicted molar refractivity (Wildman–Crippen MR) is 79.0 cm³/mol. The van der Waals surface area contributed by atoms with Gasteiger partial charge in [-0.15, -0.1) is 0 Å². The number of rotatable bonds is 3. The quantitative estimate of drug-likeness (QED) is 0.792. The number of fused-ring (bicyclic) bond motifs is 1. The van der Waals surface area contributed by atoms with Gasteiger partial charge in [-0.25, -0.2) is 9.37 Å². The fourth-order valence-electron chi connectivity index (χ4n) is 2.38. The first-order valence-corrected chi connectivity index (χ1v) is 6.60. The molecule has 2 aromatic carbocycles. The highest BCUT2D eigenvalue weighted by Crippen LogP contribution is 2.20. The molecular weight excluding hydrogens is 253 g/mol. The van der Waals surface area contributed by atoms with E-state index in [9.17, 15) is 4.39 Å². The molecule has 0 unspecified atom stereocenters. The van der Waals surface area contributed by atoms with Crippen molar-refractivity contribution >= 4 is 17.0 Å². The molecule has 3 rings (SSSR count). The summed E-state index contributed by atoms with van der Waals surface area (Å²) in [4.78, 5) is 4.36. The van der Waals surface area contributed by atoms with Crippen molar-refractivity contribution in [3.05, 3.63) is 59.4 Å². The van der Waals surface area contributed by atoms with Crippen molar-refractivity contribution in [3.8, 4) is 0 Å². The number of aromatic nitrogens is 2. The highest BCUT2D eigenvalue weighted by molar-refractivity contribution is 5.79. The van der Waals surface area contributed by atoms with Gasteiger partial charge < -0.3 is 10.3 Å². The number of nitrogens with two attached hydrogens (primary N) is 1. The Bertz CT molecular complexity index is 744. The number of anilines is 1. The Labute approximate surface area is 116 Å². The molecule has 3 aromatic rings. The summed E-state index contributed by atoms with van der Waals surface area (Å²) in [6.45, 7) is 2.78. The zero-order valence-electron chi connectivity index (χ0n) is 11.3. The molecule has 0 atom stereocenters. The topological polar surface area (TPSA) is 43.8 Å². The van der Waals surface area contributed by atoms with Crippen molar-refractivity contribution in [2.75, 3.05) is 5.73 Å². The number of hydrogen-bond donors (Lipinski definition) is 1. The molecule has 102 valence electrons. The lowest BCUT2D eigenvalue weighted by atomic mass is 10.1. The van der Waals surface area contributed by atoms with Gasteiger partial charge in [-0.1, -0.05) is 18.2 Å². The lowest BCUT2D eigenvalue weighted by molar-refractivity contribution is 0.626. The number of benzene rings is 2. The normalized spacial score (nSPS) is 11.1. The lowest BCUT2D eigenvalue weighted by Crippen LogP contribution is -2.05. The maximum absolute atomic E-state index is 12.9. The summed E-state index contributed by atoms with van der Waals surface area (Å²) in [5.41, 5.74) is 10.2. The van der Waals surface area contributed by atoms with E-state index in [1.165, 1.54) is 17.7 Å². The first-order valence-electron chi connectivity index (χ1n) is 6.60. The van der Waals surface area contributed by atoms with Gasteiger partial charge in [0.05, 0.1) is 11.0 Å². The molecule has 0 amide bonds. The van der Waals surface area contributed by atoms with E-state index in [4.69, 9.17) is 5.73 Å². The third-order valence-electron chi connectivity index (χ3n) is 3.47. The molecule has 0 aliphatic carbocycles. The Balaban J connectivity index is 1.88. The van der Waals surface area contributed by atoms with E-state index in [1.807, 2.05) is 23.6 Å². The summed E-state index contributed by atoms with van der Waals surface area (Å²) >= 11 is 0. The first kappa shape index (κ1) is 12.7. The minimum Gasteiger partial charge on any atom is -0.369 e. The fraction of sp³-hybridized carbons (Fsp3) is 0.188. The highest BCUT2D eigenvalue weighted by atomic mass is 19.1. The molecule has 0 bridgehead atoms. The second-order valence-corrected chi connectivity index (χ2v) is 4.99. The summed E-state index contributed by atoms with van der Waals surface area (Å²) in [6.07, 6.45) is 0.796. The van der Waals surface area contributed by atoms with E-state index >= 15 is 0 Å². The molecule has 0 saturated heterocycles. The average molecular weight is 269 g/mol. The Morgan fingerprint density at radius 3 is 2.65 bits per heavy atom. The predicted octanol–water partition coefficient (Wildman–Crippen LogP) is 3.31. The van der Waals surface area contributed by atoms with E-state index in [0.29, 0.717) is 5.95 Å². The molecule has 0 fully saturated rings. The molecule has 3 nitrogen and oxygen atoms in total. The van der Waals surface area contributed by atoms with E-state index in [1.54, 1.807) is 12.1 Å². The fourth-order valence-corrected chi connectivity index (χ4v) is 2.38. The van der Waals surface area contributed by atoms with Crippen molar-refractivity contribution in [2.45, 2.75) is 19.9 Å². The summed E-state index contributed by atoms with van der Waals surface area (Å²) in [7, 11) is 0. The molecule has 1 heterocycles. The number of nitrogen functional groups attached to an aromatic ring is 1. The van der Waals surface area contributed by atoms with Crippen LogP contribution in [0.5, 0.6) is 0 Å². The van der Waals surface area contributed by atoms with Gasteiger partial charge in [0.1, 0.15) is 5.82 Å². The molecular formula is C16H16FN3. The second-order valence-electron chi connectivity index (χ2n) is 4.99. The van der Waals surface area contributed by atoms with Gasteiger partial charge in [-0.3, -0.25) is 0 Å². The van der Waals surface area contributed by atoms with Crippen LogP contribution in [0.3, 0.4) is 0 Å². The lowest BCUT2D eigenvalue weighted by Gasteiger charge is -2.07. The molecule has 1 aromatic heterocycles. The maximum Gasteiger partial charge on any atom is 0.201 e.